The van der Waals surface area contributed by atoms with E-state index in [-0.39, 0.29) is 12.0 Å². The van der Waals surface area contributed by atoms with Gasteiger partial charge in [-0.15, -0.1) is 0 Å². The van der Waals surface area contributed by atoms with E-state index in [2.05, 4.69) is 13.0 Å². The van der Waals surface area contributed by atoms with Gasteiger partial charge in [-0.05, 0) is 49.6 Å². The second-order valence-electron chi connectivity index (χ2n) is 7.04. The van der Waals surface area contributed by atoms with E-state index in [1.54, 1.807) is 28.0 Å². The van der Waals surface area contributed by atoms with Gasteiger partial charge in [0.2, 0.25) is 5.91 Å². The van der Waals surface area contributed by atoms with E-state index in [0.29, 0.717) is 31.9 Å². The first-order valence-electron chi connectivity index (χ1n) is 9.59. The Morgan fingerprint density at radius 3 is 2.39 bits per heavy atom. The molecule has 0 aromatic heterocycles. The molecule has 28 heavy (non-hydrogen) atoms. The monoisotopic (exact) mass is 378 g/mol. The summed E-state index contributed by atoms with van der Waals surface area (Å²) in [6.45, 7) is 6.27. The first kappa shape index (κ1) is 19.7. The summed E-state index contributed by atoms with van der Waals surface area (Å²) < 4.78 is 5.40. The van der Waals surface area contributed by atoms with Gasteiger partial charge in [-0.2, -0.15) is 0 Å². The highest BCUT2D eigenvalue weighted by Crippen LogP contribution is 2.14. The molecule has 1 aliphatic heterocycles. The Balaban J connectivity index is 1.56. The summed E-state index contributed by atoms with van der Waals surface area (Å²) in [5, 5.41) is 0. The summed E-state index contributed by atoms with van der Waals surface area (Å²) in [7, 11) is 0. The van der Waals surface area contributed by atoms with Crippen molar-refractivity contribution in [3.8, 4) is 5.75 Å². The highest BCUT2D eigenvalue weighted by Gasteiger charge is 2.22. The van der Waals surface area contributed by atoms with Crippen LogP contribution in [0.25, 0.3) is 6.08 Å². The molecule has 0 bridgehead atoms. The highest BCUT2D eigenvalue weighted by atomic mass is 16.6. The molecule has 1 heterocycles. The summed E-state index contributed by atoms with van der Waals surface area (Å²) >= 11 is 0. The minimum atomic E-state index is -0.369. The maximum atomic E-state index is 12.6. The van der Waals surface area contributed by atoms with Crippen LogP contribution in [-0.2, 0) is 4.79 Å². The number of amides is 2. The third-order valence-electron chi connectivity index (χ3n) is 4.84. The molecule has 0 radical (unpaired) electrons. The van der Waals surface area contributed by atoms with E-state index in [1.807, 2.05) is 43.3 Å². The first-order valence-corrected chi connectivity index (χ1v) is 9.59. The zero-order valence-electron chi connectivity index (χ0n) is 16.4. The van der Waals surface area contributed by atoms with Crippen LogP contribution in [0.3, 0.4) is 0 Å². The zero-order valence-corrected chi connectivity index (χ0v) is 16.4. The van der Waals surface area contributed by atoms with Crippen molar-refractivity contribution < 1.29 is 14.3 Å². The maximum Gasteiger partial charge on any atom is 0.415 e. The lowest BCUT2D eigenvalue weighted by atomic mass is 10.1. The van der Waals surface area contributed by atoms with Crippen LogP contribution in [0.2, 0.25) is 0 Å². The number of hydrogen-bond donors (Lipinski definition) is 0. The fourth-order valence-corrected chi connectivity index (χ4v) is 3.25. The maximum absolute atomic E-state index is 12.6. The second kappa shape index (κ2) is 9.22. The van der Waals surface area contributed by atoms with Crippen LogP contribution in [0, 0.1) is 13.8 Å². The third-order valence-corrected chi connectivity index (χ3v) is 4.84. The van der Waals surface area contributed by atoms with Crippen LogP contribution in [0.15, 0.2) is 54.6 Å². The van der Waals surface area contributed by atoms with E-state index >= 15 is 0 Å². The number of nitrogens with zero attached hydrogens (tertiary/aromatic N) is 2. The molecule has 146 valence electrons. The van der Waals surface area contributed by atoms with Crippen molar-refractivity contribution in [2.75, 3.05) is 26.2 Å². The van der Waals surface area contributed by atoms with Crippen LogP contribution in [0.4, 0.5) is 4.79 Å². The summed E-state index contributed by atoms with van der Waals surface area (Å²) in [5.74, 6) is 0.499. The van der Waals surface area contributed by atoms with Gasteiger partial charge < -0.3 is 14.5 Å². The van der Waals surface area contributed by atoms with Gasteiger partial charge >= 0.3 is 6.09 Å². The molecule has 1 saturated heterocycles. The fraction of sp³-hybridized carbons (Fsp3) is 0.304. The number of carbonyl (C=O) groups excluding carboxylic acids is 2. The molecule has 2 aromatic carbocycles. The zero-order chi connectivity index (χ0) is 19.9. The Morgan fingerprint density at radius 2 is 1.64 bits per heavy atom. The Kier molecular flexibility index (Phi) is 6.48. The molecule has 0 aliphatic carbocycles. The summed E-state index contributed by atoms with van der Waals surface area (Å²) in [4.78, 5) is 28.4. The smallest absolute Gasteiger partial charge is 0.410 e. The fourth-order valence-electron chi connectivity index (χ4n) is 3.25. The average Bonchev–Trinajstić information content (AvgIpc) is 2.94. The summed E-state index contributed by atoms with van der Waals surface area (Å²) in [6, 6.07) is 15.2. The molecule has 2 aromatic rings. The number of ether oxygens (including phenoxy) is 1. The Bertz CT molecular complexity index is 861. The van der Waals surface area contributed by atoms with Crippen molar-refractivity contribution in [2.24, 2.45) is 0 Å². The molecule has 0 saturated carbocycles. The van der Waals surface area contributed by atoms with Crippen molar-refractivity contribution in [2.45, 2.75) is 20.3 Å². The van der Waals surface area contributed by atoms with E-state index in [0.717, 1.165) is 17.5 Å². The predicted octanol–water partition coefficient (Wildman–Crippen LogP) is 4.05. The lowest BCUT2D eigenvalue weighted by Gasteiger charge is -2.21. The van der Waals surface area contributed by atoms with Gasteiger partial charge in [0.25, 0.3) is 0 Å². The third kappa shape index (κ3) is 5.22. The van der Waals surface area contributed by atoms with E-state index in [1.165, 1.54) is 5.56 Å². The largest absolute Gasteiger partial charge is 0.415 e. The molecule has 1 aliphatic rings. The molecule has 1 fully saturated rings. The van der Waals surface area contributed by atoms with Gasteiger partial charge in [0.15, 0.2) is 0 Å². The van der Waals surface area contributed by atoms with Gasteiger partial charge in [-0.3, -0.25) is 4.79 Å². The number of hydrogen-bond acceptors (Lipinski definition) is 3. The lowest BCUT2D eigenvalue weighted by Crippen LogP contribution is -2.38. The second-order valence-corrected chi connectivity index (χ2v) is 7.04. The van der Waals surface area contributed by atoms with Crippen molar-refractivity contribution in [3.05, 3.63) is 71.3 Å². The quantitative estimate of drug-likeness (QED) is 0.757. The summed E-state index contributed by atoms with van der Waals surface area (Å²) in [5.41, 5.74) is 3.40. The molecule has 5 heteroatoms. The first-order chi connectivity index (χ1) is 13.5. The van der Waals surface area contributed by atoms with Crippen molar-refractivity contribution >= 4 is 18.1 Å². The van der Waals surface area contributed by atoms with Crippen LogP contribution in [0.1, 0.15) is 23.1 Å². The number of aryl methyl sites for hydroxylation is 2. The molecule has 3 rings (SSSR count). The van der Waals surface area contributed by atoms with Crippen molar-refractivity contribution in [3.63, 3.8) is 0 Å². The Hall–Kier alpha value is -3.08. The number of rotatable bonds is 3. The van der Waals surface area contributed by atoms with Gasteiger partial charge in [0, 0.05) is 32.3 Å². The molecule has 0 unspecified atom stereocenters. The Labute approximate surface area is 166 Å². The predicted molar refractivity (Wildman–Crippen MR) is 110 cm³/mol. The van der Waals surface area contributed by atoms with Crippen molar-refractivity contribution in [1.29, 1.82) is 0 Å². The SMILES string of the molecule is Cc1ccc(/C=C/C(=O)N2CCCN(C(=O)Oc3ccccc3)CC2)c(C)c1. The normalized spacial score (nSPS) is 14.8. The molecule has 5 nitrogen and oxygen atoms in total. The van der Waals surface area contributed by atoms with E-state index < -0.39 is 0 Å². The number of carbonyl (C=O) groups is 2. The number of para-hydroxylation sites is 1. The van der Waals surface area contributed by atoms with Gasteiger partial charge in [0.05, 0.1) is 0 Å². The van der Waals surface area contributed by atoms with E-state index in [4.69, 9.17) is 4.74 Å². The molecule has 2 amide bonds. The summed E-state index contributed by atoms with van der Waals surface area (Å²) in [6.07, 6.45) is 3.85. The Morgan fingerprint density at radius 1 is 0.929 bits per heavy atom. The topological polar surface area (TPSA) is 49.9 Å². The van der Waals surface area contributed by atoms with Crippen LogP contribution >= 0.6 is 0 Å². The number of benzene rings is 2. The van der Waals surface area contributed by atoms with Crippen molar-refractivity contribution in [1.82, 2.24) is 9.80 Å². The van der Waals surface area contributed by atoms with Gasteiger partial charge in [-0.25, -0.2) is 4.79 Å². The van der Waals surface area contributed by atoms with E-state index in [9.17, 15) is 9.59 Å². The molecule has 0 atom stereocenters. The molecule has 0 spiro atoms. The van der Waals surface area contributed by atoms with Crippen LogP contribution in [-0.4, -0.2) is 48.0 Å². The lowest BCUT2D eigenvalue weighted by molar-refractivity contribution is -0.125. The van der Waals surface area contributed by atoms with Gasteiger partial charge in [-0.1, -0.05) is 42.0 Å². The molecular weight excluding hydrogens is 352 g/mol. The van der Waals surface area contributed by atoms with Crippen LogP contribution in [0.5, 0.6) is 5.75 Å². The minimum Gasteiger partial charge on any atom is -0.410 e. The highest BCUT2D eigenvalue weighted by molar-refractivity contribution is 5.92. The molecule has 0 N–H and O–H groups in total. The average molecular weight is 378 g/mol. The molecular formula is C23H26N2O3. The standard InChI is InChI=1S/C23H26N2O3/c1-18-9-10-20(19(2)17-18)11-12-22(26)24-13-6-14-25(16-15-24)23(27)28-21-7-4-3-5-8-21/h3-5,7-12,17H,6,13-16H2,1-2H3/b12-11+. The van der Waals surface area contributed by atoms with Crippen LogP contribution < -0.4 is 4.74 Å². The minimum absolute atomic E-state index is 0.0294. The van der Waals surface area contributed by atoms with Gasteiger partial charge in [0.1, 0.15) is 5.75 Å².